The maximum absolute atomic E-state index is 11.7. The second kappa shape index (κ2) is 5.09. The number of nitrogens with zero attached hydrogens (tertiary/aromatic N) is 1. The summed E-state index contributed by atoms with van der Waals surface area (Å²) in [5.74, 6) is -1.88. The number of aryl methyl sites for hydroxylation is 1. The topological polar surface area (TPSA) is 86.7 Å². The number of carboxylic acids is 1. The van der Waals surface area contributed by atoms with Gasteiger partial charge >= 0.3 is 5.97 Å². The number of imide groups is 1. The largest absolute Gasteiger partial charge is 0.480 e. The maximum Gasteiger partial charge on any atom is 0.323 e. The normalized spacial score (nSPS) is 18.3. The third-order valence-electron chi connectivity index (χ3n) is 2.99. The summed E-state index contributed by atoms with van der Waals surface area (Å²) in [7, 11) is 0. The predicted molar refractivity (Wildman–Crippen MR) is 67.7 cm³/mol. The molecule has 100 valence electrons. The first-order chi connectivity index (χ1) is 8.97. The number of carbonyl (C=O) groups excluding carboxylic acids is 2. The quantitative estimate of drug-likeness (QED) is 0.762. The van der Waals surface area contributed by atoms with Gasteiger partial charge in [0.25, 0.3) is 0 Å². The monoisotopic (exact) mass is 262 g/mol. The lowest BCUT2D eigenvalue weighted by Crippen LogP contribution is -2.43. The summed E-state index contributed by atoms with van der Waals surface area (Å²) in [6.07, 6.45) is -0.0139. The number of rotatable bonds is 4. The molecule has 1 unspecified atom stereocenters. The number of amides is 2. The minimum atomic E-state index is -1.05. The molecule has 2 rings (SSSR count). The van der Waals surface area contributed by atoms with Crippen molar-refractivity contribution in [3.8, 4) is 0 Å². The van der Waals surface area contributed by atoms with Gasteiger partial charge in [-0.05, 0) is 19.1 Å². The van der Waals surface area contributed by atoms with Crippen molar-refractivity contribution in [1.82, 2.24) is 5.32 Å². The van der Waals surface area contributed by atoms with Crippen molar-refractivity contribution in [2.75, 3.05) is 11.4 Å². The summed E-state index contributed by atoms with van der Waals surface area (Å²) in [5.41, 5.74) is 1.65. The zero-order valence-electron chi connectivity index (χ0n) is 10.4. The molecule has 1 heterocycles. The molecule has 19 heavy (non-hydrogen) atoms. The van der Waals surface area contributed by atoms with Crippen LogP contribution in [-0.2, 0) is 14.4 Å². The summed E-state index contributed by atoms with van der Waals surface area (Å²) < 4.78 is 0. The fourth-order valence-corrected chi connectivity index (χ4v) is 2.06. The Morgan fingerprint density at radius 3 is 2.47 bits per heavy atom. The average molecular weight is 262 g/mol. The number of carboxylic acid groups (broad SMARTS) is 1. The molecule has 0 spiro atoms. The molecule has 0 radical (unpaired) electrons. The molecule has 1 atom stereocenters. The van der Waals surface area contributed by atoms with E-state index in [9.17, 15) is 14.4 Å². The van der Waals surface area contributed by atoms with Crippen LogP contribution in [0, 0.1) is 6.92 Å². The molecule has 1 aromatic carbocycles. The van der Waals surface area contributed by atoms with Gasteiger partial charge in [0.2, 0.25) is 11.8 Å². The van der Waals surface area contributed by atoms with Gasteiger partial charge in [-0.15, -0.1) is 0 Å². The molecule has 2 N–H and O–H groups in total. The first-order valence-corrected chi connectivity index (χ1v) is 5.86. The highest BCUT2D eigenvalue weighted by atomic mass is 16.4. The number of aliphatic carboxylic acids is 1. The van der Waals surface area contributed by atoms with Crippen molar-refractivity contribution < 1.29 is 19.5 Å². The van der Waals surface area contributed by atoms with Gasteiger partial charge in [0.1, 0.15) is 12.6 Å². The van der Waals surface area contributed by atoms with Crippen LogP contribution in [0.15, 0.2) is 24.3 Å². The van der Waals surface area contributed by atoms with Gasteiger partial charge < -0.3 is 10.0 Å². The Hall–Kier alpha value is -2.37. The van der Waals surface area contributed by atoms with E-state index in [1.165, 1.54) is 4.90 Å². The molecule has 0 bridgehead atoms. The third-order valence-corrected chi connectivity index (χ3v) is 2.99. The van der Waals surface area contributed by atoms with Crippen LogP contribution in [0.4, 0.5) is 5.69 Å². The van der Waals surface area contributed by atoms with E-state index in [-0.39, 0.29) is 18.9 Å². The molecule has 0 saturated carbocycles. The lowest BCUT2D eigenvalue weighted by atomic mass is 10.1. The molecule has 0 aromatic heterocycles. The minimum Gasteiger partial charge on any atom is -0.480 e. The fraction of sp³-hybridized carbons (Fsp3) is 0.308. The highest BCUT2D eigenvalue weighted by Gasteiger charge is 2.36. The van der Waals surface area contributed by atoms with Crippen LogP contribution >= 0.6 is 0 Å². The molecular formula is C13H14N2O4. The Morgan fingerprint density at radius 2 is 2.00 bits per heavy atom. The second-order valence-corrected chi connectivity index (χ2v) is 4.49. The van der Waals surface area contributed by atoms with E-state index < -0.39 is 17.9 Å². The second-order valence-electron chi connectivity index (χ2n) is 4.49. The van der Waals surface area contributed by atoms with Crippen molar-refractivity contribution in [3.63, 3.8) is 0 Å². The third kappa shape index (κ3) is 2.90. The Bertz CT molecular complexity index is 524. The van der Waals surface area contributed by atoms with Crippen molar-refractivity contribution in [3.05, 3.63) is 29.8 Å². The minimum absolute atomic E-state index is 0.0139. The number of carbonyl (C=O) groups is 3. The highest BCUT2D eigenvalue weighted by Crippen LogP contribution is 2.21. The smallest absolute Gasteiger partial charge is 0.323 e. The van der Waals surface area contributed by atoms with Gasteiger partial charge in [-0.1, -0.05) is 17.7 Å². The molecule has 1 aliphatic rings. The zero-order valence-corrected chi connectivity index (χ0v) is 10.4. The summed E-state index contributed by atoms with van der Waals surface area (Å²) >= 11 is 0. The molecular weight excluding hydrogens is 248 g/mol. The number of benzene rings is 1. The van der Waals surface area contributed by atoms with E-state index in [4.69, 9.17) is 5.11 Å². The van der Waals surface area contributed by atoms with E-state index in [0.29, 0.717) is 5.69 Å². The molecule has 1 aromatic rings. The maximum atomic E-state index is 11.7. The molecule has 1 aliphatic heterocycles. The first kappa shape index (κ1) is 13.1. The van der Waals surface area contributed by atoms with E-state index >= 15 is 0 Å². The van der Waals surface area contributed by atoms with E-state index in [1.807, 2.05) is 19.1 Å². The average Bonchev–Trinajstić information content (AvgIpc) is 2.66. The van der Waals surface area contributed by atoms with Crippen LogP contribution in [-0.4, -0.2) is 35.5 Å². The number of nitrogens with one attached hydrogen (secondary N) is 1. The van der Waals surface area contributed by atoms with Crippen LogP contribution in [0.3, 0.4) is 0 Å². The van der Waals surface area contributed by atoms with Crippen molar-refractivity contribution in [1.29, 1.82) is 0 Å². The predicted octanol–water partition coefficient (Wildman–Crippen LogP) is 0.301. The zero-order chi connectivity index (χ0) is 14.0. The van der Waals surface area contributed by atoms with Gasteiger partial charge in [-0.2, -0.15) is 0 Å². The molecule has 0 aliphatic carbocycles. The fourth-order valence-electron chi connectivity index (χ4n) is 2.06. The Kier molecular flexibility index (Phi) is 3.50. The van der Waals surface area contributed by atoms with Crippen molar-refractivity contribution in [2.45, 2.75) is 19.4 Å². The highest BCUT2D eigenvalue weighted by molar-refractivity contribution is 6.07. The molecule has 1 saturated heterocycles. The summed E-state index contributed by atoms with van der Waals surface area (Å²) in [5, 5.41) is 11.1. The molecule has 2 amide bonds. The van der Waals surface area contributed by atoms with Crippen LogP contribution in [0.2, 0.25) is 0 Å². The molecule has 6 nitrogen and oxygen atoms in total. The summed E-state index contributed by atoms with van der Waals surface area (Å²) in [4.78, 5) is 35.3. The first-order valence-electron chi connectivity index (χ1n) is 5.86. The van der Waals surface area contributed by atoms with Gasteiger partial charge in [0.15, 0.2) is 0 Å². The Labute approximate surface area is 110 Å². The van der Waals surface area contributed by atoms with Gasteiger partial charge in [-0.25, -0.2) is 0 Å². The standard InChI is InChI=1S/C13H14N2O4/c1-8-2-4-9(5-3-8)15(7-12(17)18)10-6-11(16)14-13(10)19/h2-5,10H,6-7H2,1H3,(H,17,18)(H,14,16,19). The SMILES string of the molecule is Cc1ccc(N(CC(=O)O)C2CC(=O)NC2=O)cc1. The summed E-state index contributed by atoms with van der Waals surface area (Å²) in [6, 6.07) is 6.40. The number of hydrogen-bond donors (Lipinski definition) is 2. The van der Waals surface area contributed by atoms with Crippen LogP contribution in [0.1, 0.15) is 12.0 Å². The van der Waals surface area contributed by atoms with Gasteiger partial charge in [-0.3, -0.25) is 19.7 Å². The Balaban J connectivity index is 2.30. The van der Waals surface area contributed by atoms with Crippen LogP contribution in [0.25, 0.3) is 0 Å². The van der Waals surface area contributed by atoms with Crippen LogP contribution in [0.5, 0.6) is 0 Å². The van der Waals surface area contributed by atoms with Crippen LogP contribution < -0.4 is 10.2 Å². The van der Waals surface area contributed by atoms with E-state index in [0.717, 1.165) is 5.56 Å². The lowest BCUT2D eigenvalue weighted by Gasteiger charge is -2.27. The van der Waals surface area contributed by atoms with Crippen molar-refractivity contribution >= 4 is 23.5 Å². The van der Waals surface area contributed by atoms with Crippen molar-refractivity contribution in [2.24, 2.45) is 0 Å². The number of hydrogen-bond acceptors (Lipinski definition) is 4. The Morgan fingerprint density at radius 1 is 1.37 bits per heavy atom. The van der Waals surface area contributed by atoms with E-state index in [1.54, 1.807) is 12.1 Å². The molecule has 6 heteroatoms. The van der Waals surface area contributed by atoms with Gasteiger partial charge in [0, 0.05) is 5.69 Å². The van der Waals surface area contributed by atoms with Gasteiger partial charge in [0.05, 0.1) is 6.42 Å². The van der Waals surface area contributed by atoms with E-state index in [2.05, 4.69) is 5.32 Å². The molecule has 1 fully saturated rings. The summed E-state index contributed by atoms with van der Waals surface area (Å²) in [6.45, 7) is 1.59. The lowest BCUT2D eigenvalue weighted by molar-refractivity contribution is -0.135. The number of anilines is 1.